The minimum absolute atomic E-state index is 0.331. The van der Waals surface area contributed by atoms with E-state index < -0.39 is 6.09 Å². The molecule has 0 bridgehead atoms. The molecule has 16 heavy (non-hydrogen) atoms. The summed E-state index contributed by atoms with van der Waals surface area (Å²) in [6.07, 6.45) is -0.494. The van der Waals surface area contributed by atoms with Crippen LogP contribution in [0.15, 0.2) is 24.3 Å². The maximum absolute atomic E-state index is 11.2. The van der Waals surface area contributed by atoms with Gasteiger partial charge in [0.05, 0.1) is 12.3 Å². The Bertz CT molecular complexity index is 342. The lowest BCUT2D eigenvalue weighted by atomic mass is 10.3. The van der Waals surface area contributed by atoms with Gasteiger partial charge in [0.2, 0.25) is 0 Å². The topological polar surface area (TPSA) is 73.6 Å². The standard InChI is InChI=1S/C11H16N2O3/c1-2-15-11(14)13-9-5-3-4-6-10(9)16-8-7-12/h3-6H,2,7-8,12H2,1H3,(H,13,14). The van der Waals surface area contributed by atoms with E-state index in [-0.39, 0.29) is 0 Å². The van der Waals surface area contributed by atoms with Gasteiger partial charge in [-0.25, -0.2) is 4.79 Å². The highest BCUT2D eigenvalue weighted by Gasteiger charge is 2.06. The average Bonchev–Trinajstić information content (AvgIpc) is 2.28. The molecule has 0 unspecified atom stereocenters. The summed E-state index contributed by atoms with van der Waals surface area (Å²) in [5.74, 6) is 0.584. The van der Waals surface area contributed by atoms with Crippen LogP contribution in [-0.2, 0) is 4.74 Å². The van der Waals surface area contributed by atoms with Crippen LogP contribution in [0.3, 0.4) is 0 Å². The van der Waals surface area contributed by atoms with Gasteiger partial charge in [0.1, 0.15) is 12.4 Å². The molecular weight excluding hydrogens is 208 g/mol. The fourth-order valence-corrected chi connectivity index (χ4v) is 1.14. The zero-order chi connectivity index (χ0) is 11.8. The zero-order valence-electron chi connectivity index (χ0n) is 9.23. The minimum Gasteiger partial charge on any atom is -0.490 e. The molecule has 1 amide bonds. The normalized spacial score (nSPS) is 9.62. The van der Waals surface area contributed by atoms with Gasteiger partial charge in [-0.1, -0.05) is 12.1 Å². The minimum atomic E-state index is -0.494. The molecule has 0 saturated carbocycles. The SMILES string of the molecule is CCOC(=O)Nc1ccccc1OCCN. The first kappa shape index (κ1) is 12.3. The van der Waals surface area contributed by atoms with Crippen LogP contribution >= 0.6 is 0 Å². The zero-order valence-corrected chi connectivity index (χ0v) is 9.23. The maximum atomic E-state index is 11.2. The van der Waals surface area contributed by atoms with Crippen LogP contribution in [0.25, 0.3) is 0 Å². The number of ether oxygens (including phenoxy) is 2. The van der Waals surface area contributed by atoms with Gasteiger partial charge in [0, 0.05) is 6.54 Å². The van der Waals surface area contributed by atoms with Gasteiger partial charge < -0.3 is 15.2 Å². The van der Waals surface area contributed by atoms with Crippen LogP contribution in [0.5, 0.6) is 5.75 Å². The second-order valence-corrected chi connectivity index (χ2v) is 2.98. The largest absolute Gasteiger partial charge is 0.490 e. The van der Waals surface area contributed by atoms with Gasteiger partial charge in [0.25, 0.3) is 0 Å². The number of benzene rings is 1. The molecule has 0 aliphatic heterocycles. The molecule has 1 rings (SSSR count). The molecule has 5 nitrogen and oxygen atoms in total. The first-order chi connectivity index (χ1) is 7.77. The summed E-state index contributed by atoms with van der Waals surface area (Å²) in [6, 6.07) is 7.12. The van der Waals surface area contributed by atoms with E-state index in [1.807, 2.05) is 6.07 Å². The fourth-order valence-electron chi connectivity index (χ4n) is 1.14. The van der Waals surface area contributed by atoms with E-state index in [4.69, 9.17) is 15.2 Å². The number of rotatable bonds is 5. The number of nitrogens with one attached hydrogen (secondary N) is 1. The molecule has 3 N–H and O–H groups in total. The molecule has 88 valence electrons. The van der Waals surface area contributed by atoms with Crippen molar-refractivity contribution in [2.45, 2.75) is 6.92 Å². The molecule has 0 heterocycles. The molecule has 0 atom stereocenters. The molecule has 1 aromatic rings. The van der Waals surface area contributed by atoms with E-state index in [1.54, 1.807) is 25.1 Å². The summed E-state index contributed by atoms with van der Waals surface area (Å²) < 4.78 is 10.1. The third kappa shape index (κ3) is 3.78. The summed E-state index contributed by atoms with van der Waals surface area (Å²) in [5.41, 5.74) is 5.92. The van der Waals surface area contributed by atoms with Gasteiger partial charge in [0.15, 0.2) is 0 Å². The van der Waals surface area contributed by atoms with Crippen LogP contribution in [0.4, 0.5) is 10.5 Å². The van der Waals surface area contributed by atoms with Crippen molar-refractivity contribution in [2.75, 3.05) is 25.1 Å². The number of amides is 1. The monoisotopic (exact) mass is 224 g/mol. The van der Waals surface area contributed by atoms with Crippen molar-refractivity contribution in [1.29, 1.82) is 0 Å². The highest BCUT2D eigenvalue weighted by atomic mass is 16.5. The second kappa shape index (κ2) is 6.68. The molecule has 5 heteroatoms. The lowest BCUT2D eigenvalue weighted by molar-refractivity contribution is 0.167. The first-order valence-electron chi connectivity index (χ1n) is 5.13. The average molecular weight is 224 g/mol. The second-order valence-electron chi connectivity index (χ2n) is 2.98. The molecule has 0 fully saturated rings. The van der Waals surface area contributed by atoms with Crippen LogP contribution in [0.2, 0.25) is 0 Å². The maximum Gasteiger partial charge on any atom is 0.411 e. The number of hydrogen-bond donors (Lipinski definition) is 2. The Balaban J connectivity index is 2.66. The van der Waals surface area contributed by atoms with Gasteiger partial charge in [-0.2, -0.15) is 0 Å². The Morgan fingerprint density at radius 3 is 2.88 bits per heavy atom. The molecule has 0 saturated heterocycles. The summed E-state index contributed by atoms with van der Waals surface area (Å²) in [5, 5.41) is 2.59. The van der Waals surface area contributed by atoms with Crippen molar-refractivity contribution in [3.8, 4) is 5.75 Å². The first-order valence-corrected chi connectivity index (χ1v) is 5.13. The van der Waals surface area contributed by atoms with Crippen molar-refractivity contribution in [3.63, 3.8) is 0 Å². The summed E-state index contributed by atoms with van der Waals surface area (Å²) in [4.78, 5) is 11.2. The van der Waals surface area contributed by atoms with Gasteiger partial charge in [-0.15, -0.1) is 0 Å². The Labute approximate surface area is 94.5 Å². The van der Waals surface area contributed by atoms with E-state index in [0.29, 0.717) is 31.2 Å². The molecule has 0 spiro atoms. The van der Waals surface area contributed by atoms with Crippen LogP contribution in [0.1, 0.15) is 6.92 Å². The third-order valence-electron chi connectivity index (χ3n) is 1.77. The van der Waals surface area contributed by atoms with Gasteiger partial charge in [-0.05, 0) is 19.1 Å². The number of hydrogen-bond acceptors (Lipinski definition) is 4. The van der Waals surface area contributed by atoms with Crippen molar-refractivity contribution in [2.24, 2.45) is 5.73 Å². The molecule has 1 aromatic carbocycles. The van der Waals surface area contributed by atoms with E-state index in [9.17, 15) is 4.79 Å². The van der Waals surface area contributed by atoms with Gasteiger partial charge in [-0.3, -0.25) is 5.32 Å². The van der Waals surface area contributed by atoms with E-state index in [1.165, 1.54) is 0 Å². The Kier molecular flexibility index (Phi) is 5.15. The summed E-state index contributed by atoms with van der Waals surface area (Å²) in [6.45, 7) is 2.91. The highest BCUT2D eigenvalue weighted by molar-refractivity contribution is 5.86. The number of anilines is 1. The Morgan fingerprint density at radius 2 is 2.19 bits per heavy atom. The highest BCUT2D eigenvalue weighted by Crippen LogP contribution is 2.23. The van der Waals surface area contributed by atoms with Crippen LogP contribution < -0.4 is 15.8 Å². The van der Waals surface area contributed by atoms with Crippen LogP contribution in [0, 0.1) is 0 Å². The predicted molar refractivity (Wildman–Crippen MR) is 61.6 cm³/mol. The molecule has 0 radical (unpaired) electrons. The number of carbonyl (C=O) groups excluding carboxylic acids is 1. The van der Waals surface area contributed by atoms with Crippen LogP contribution in [-0.4, -0.2) is 25.9 Å². The number of nitrogens with two attached hydrogens (primary N) is 1. The fraction of sp³-hybridized carbons (Fsp3) is 0.364. The molecule has 0 aromatic heterocycles. The van der Waals surface area contributed by atoms with E-state index in [0.717, 1.165) is 0 Å². The van der Waals surface area contributed by atoms with E-state index in [2.05, 4.69) is 5.32 Å². The number of para-hydroxylation sites is 2. The predicted octanol–water partition coefficient (Wildman–Crippen LogP) is 1.59. The Hall–Kier alpha value is -1.75. The smallest absolute Gasteiger partial charge is 0.411 e. The molecule has 0 aliphatic rings. The lowest BCUT2D eigenvalue weighted by Gasteiger charge is -2.11. The van der Waals surface area contributed by atoms with Crippen molar-refractivity contribution >= 4 is 11.8 Å². The Morgan fingerprint density at radius 1 is 1.44 bits per heavy atom. The lowest BCUT2D eigenvalue weighted by Crippen LogP contribution is -2.15. The van der Waals surface area contributed by atoms with Crippen molar-refractivity contribution in [3.05, 3.63) is 24.3 Å². The van der Waals surface area contributed by atoms with Gasteiger partial charge >= 0.3 is 6.09 Å². The number of carbonyl (C=O) groups is 1. The van der Waals surface area contributed by atoms with Crippen molar-refractivity contribution in [1.82, 2.24) is 0 Å². The quantitative estimate of drug-likeness (QED) is 0.796. The third-order valence-corrected chi connectivity index (χ3v) is 1.77. The van der Waals surface area contributed by atoms with E-state index >= 15 is 0 Å². The molecular formula is C11H16N2O3. The summed E-state index contributed by atoms with van der Waals surface area (Å²) in [7, 11) is 0. The molecule has 0 aliphatic carbocycles. The van der Waals surface area contributed by atoms with Crippen molar-refractivity contribution < 1.29 is 14.3 Å². The summed E-state index contributed by atoms with van der Waals surface area (Å²) >= 11 is 0.